The first-order chi connectivity index (χ1) is 16.0. The molecule has 0 bridgehead atoms. The van der Waals surface area contributed by atoms with Crippen LogP contribution in [0, 0.1) is 29.6 Å². The smallest absolute Gasteiger partial charge is 0.303 e. The highest BCUT2D eigenvalue weighted by Gasteiger charge is 2.34. The fraction of sp³-hybridized carbons (Fsp3) is 0.793. The molecule has 0 amide bonds. The van der Waals surface area contributed by atoms with Gasteiger partial charge < -0.3 is 10.2 Å². The third kappa shape index (κ3) is 8.70. The molecule has 33 heavy (non-hydrogen) atoms. The molecule has 186 valence electrons. The number of fused-ring (bicyclic) bond motifs is 1. The second-order valence-electron chi connectivity index (χ2n) is 10.9. The van der Waals surface area contributed by atoms with E-state index in [1.54, 1.807) is 0 Å². The Hall–Kier alpha value is -1.42. The quantitative estimate of drug-likeness (QED) is 0.233. The normalized spacial score (nSPS) is 31.3. The van der Waals surface area contributed by atoms with Crippen LogP contribution in [0.2, 0.25) is 0 Å². The molecule has 3 unspecified atom stereocenters. The maximum atomic E-state index is 12.3. The Morgan fingerprint density at radius 2 is 1.82 bits per heavy atom. The van der Waals surface area contributed by atoms with E-state index in [4.69, 9.17) is 5.11 Å². The van der Waals surface area contributed by atoms with Crippen molar-refractivity contribution < 1.29 is 19.8 Å². The highest BCUT2D eigenvalue weighted by atomic mass is 16.4. The van der Waals surface area contributed by atoms with E-state index in [-0.39, 0.29) is 18.3 Å². The topological polar surface area (TPSA) is 74.6 Å². The summed E-state index contributed by atoms with van der Waals surface area (Å²) in [5.41, 5.74) is 0. The number of Topliss-reactive ketones (excluding diaryl/α,β-unsaturated/α-hetero) is 1. The monoisotopic (exact) mass is 458 g/mol. The molecule has 3 aliphatic carbocycles. The van der Waals surface area contributed by atoms with Crippen molar-refractivity contribution in [3.63, 3.8) is 0 Å². The van der Waals surface area contributed by atoms with Crippen molar-refractivity contribution in [3.05, 3.63) is 24.3 Å². The van der Waals surface area contributed by atoms with Gasteiger partial charge in [0, 0.05) is 18.8 Å². The van der Waals surface area contributed by atoms with E-state index in [1.807, 2.05) is 18.2 Å². The molecule has 0 spiro atoms. The van der Waals surface area contributed by atoms with Crippen LogP contribution in [0.5, 0.6) is 0 Å². The number of carbonyl (C=O) groups is 2. The maximum Gasteiger partial charge on any atom is 0.303 e. The Morgan fingerprint density at radius 3 is 2.67 bits per heavy atom. The molecule has 3 saturated carbocycles. The minimum Gasteiger partial charge on any atom is -0.481 e. The summed E-state index contributed by atoms with van der Waals surface area (Å²) in [5, 5.41) is 19.2. The first kappa shape index (κ1) is 26.2. The van der Waals surface area contributed by atoms with E-state index in [2.05, 4.69) is 6.08 Å². The summed E-state index contributed by atoms with van der Waals surface area (Å²) in [6.45, 7) is 0. The van der Waals surface area contributed by atoms with Gasteiger partial charge in [-0.2, -0.15) is 0 Å². The lowest BCUT2D eigenvalue weighted by Gasteiger charge is -2.41. The maximum absolute atomic E-state index is 12.3. The molecule has 0 aromatic rings. The Kier molecular flexibility index (Phi) is 11.2. The molecule has 3 fully saturated rings. The number of ketones is 1. The third-order valence-electron chi connectivity index (χ3n) is 8.60. The minimum atomic E-state index is -0.759. The van der Waals surface area contributed by atoms with Gasteiger partial charge >= 0.3 is 5.97 Å². The molecule has 0 aromatic carbocycles. The second kappa shape index (κ2) is 14.1. The number of hydrogen-bond acceptors (Lipinski definition) is 3. The summed E-state index contributed by atoms with van der Waals surface area (Å²) in [6, 6.07) is 0. The number of allylic oxidation sites excluding steroid dienone is 3. The summed E-state index contributed by atoms with van der Waals surface area (Å²) in [6.07, 6.45) is 26.1. The van der Waals surface area contributed by atoms with Gasteiger partial charge in [0.05, 0.1) is 6.10 Å². The van der Waals surface area contributed by atoms with E-state index in [0.29, 0.717) is 18.6 Å². The second-order valence-corrected chi connectivity index (χ2v) is 10.9. The summed E-state index contributed by atoms with van der Waals surface area (Å²) in [7, 11) is 0. The molecule has 4 heteroatoms. The lowest BCUT2D eigenvalue weighted by Crippen LogP contribution is -2.30. The summed E-state index contributed by atoms with van der Waals surface area (Å²) in [5.74, 6) is 2.72. The van der Waals surface area contributed by atoms with Gasteiger partial charge in [0.25, 0.3) is 0 Å². The van der Waals surface area contributed by atoms with Crippen molar-refractivity contribution >= 4 is 11.8 Å². The molecule has 0 saturated heterocycles. The average Bonchev–Trinajstić information content (AvgIpc) is 3.16. The Morgan fingerprint density at radius 1 is 1.00 bits per heavy atom. The van der Waals surface area contributed by atoms with Crippen molar-refractivity contribution in [1.29, 1.82) is 0 Å². The van der Waals surface area contributed by atoms with Crippen LogP contribution < -0.4 is 0 Å². The van der Waals surface area contributed by atoms with Crippen molar-refractivity contribution in [1.82, 2.24) is 0 Å². The first-order valence-electron chi connectivity index (χ1n) is 13.8. The number of rotatable bonds is 13. The predicted octanol–water partition coefficient (Wildman–Crippen LogP) is 6.87. The van der Waals surface area contributed by atoms with Gasteiger partial charge in [-0.3, -0.25) is 9.59 Å². The van der Waals surface area contributed by atoms with Crippen LogP contribution >= 0.6 is 0 Å². The van der Waals surface area contributed by atoms with Gasteiger partial charge in [-0.25, -0.2) is 0 Å². The number of carboxylic acid groups (broad SMARTS) is 1. The summed E-state index contributed by atoms with van der Waals surface area (Å²) < 4.78 is 0. The van der Waals surface area contributed by atoms with Crippen molar-refractivity contribution in [3.8, 4) is 0 Å². The van der Waals surface area contributed by atoms with Gasteiger partial charge in [-0.05, 0) is 62.2 Å². The van der Waals surface area contributed by atoms with Gasteiger partial charge in [-0.15, -0.1) is 0 Å². The van der Waals surface area contributed by atoms with Crippen LogP contribution in [-0.4, -0.2) is 28.1 Å². The van der Waals surface area contributed by atoms with Crippen LogP contribution in [0.1, 0.15) is 109 Å². The van der Waals surface area contributed by atoms with Crippen LogP contribution in [-0.2, 0) is 9.59 Å². The van der Waals surface area contributed by atoms with Crippen LogP contribution in [0.3, 0.4) is 0 Å². The zero-order valence-corrected chi connectivity index (χ0v) is 20.5. The van der Waals surface area contributed by atoms with Crippen molar-refractivity contribution in [2.45, 2.75) is 115 Å². The van der Waals surface area contributed by atoms with Crippen molar-refractivity contribution in [2.24, 2.45) is 29.6 Å². The number of aliphatic carboxylic acids is 1. The fourth-order valence-electron chi connectivity index (χ4n) is 6.76. The summed E-state index contributed by atoms with van der Waals surface area (Å²) in [4.78, 5) is 22.9. The molecule has 3 rings (SSSR count). The first-order valence-corrected chi connectivity index (χ1v) is 13.8. The van der Waals surface area contributed by atoms with E-state index >= 15 is 0 Å². The van der Waals surface area contributed by atoms with E-state index in [1.165, 1.54) is 57.8 Å². The molecule has 3 aliphatic rings. The highest BCUT2D eigenvalue weighted by molar-refractivity contribution is 5.83. The largest absolute Gasteiger partial charge is 0.481 e. The molecular weight excluding hydrogens is 412 g/mol. The van der Waals surface area contributed by atoms with E-state index in [0.717, 1.165) is 49.9 Å². The van der Waals surface area contributed by atoms with Crippen LogP contribution in [0.4, 0.5) is 0 Å². The van der Waals surface area contributed by atoms with E-state index < -0.39 is 12.1 Å². The highest BCUT2D eigenvalue weighted by Crippen LogP contribution is 2.45. The number of aliphatic hydroxyl groups excluding tert-OH is 1. The fourth-order valence-corrected chi connectivity index (χ4v) is 6.76. The number of carbonyl (C=O) groups excluding carboxylic acids is 1. The SMILES string of the molecule is O=C(O)CCC/C=C\C[C@H]1C(=O)CC[C@@H]1/C=C/[C@H](O)CCCCC1CCCC2CCCCC21. The molecule has 0 radical (unpaired) electrons. The van der Waals surface area contributed by atoms with Crippen LogP contribution in [0.15, 0.2) is 24.3 Å². The van der Waals surface area contributed by atoms with Gasteiger partial charge in [0.1, 0.15) is 5.78 Å². The lowest BCUT2D eigenvalue weighted by atomic mass is 9.64. The minimum absolute atomic E-state index is 0.0129. The molecular formula is C29H46O4. The van der Waals surface area contributed by atoms with Crippen LogP contribution in [0.25, 0.3) is 0 Å². The Bertz CT molecular complexity index is 665. The van der Waals surface area contributed by atoms with E-state index in [9.17, 15) is 14.7 Å². The summed E-state index contributed by atoms with van der Waals surface area (Å²) >= 11 is 0. The molecule has 4 nitrogen and oxygen atoms in total. The number of aliphatic hydroxyl groups is 1. The third-order valence-corrected chi connectivity index (χ3v) is 8.60. The zero-order chi connectivity index (χ0) is 23.5. The number of hydrogen-bond donors (Lipinski definition) is 2. The number of unbranched alkanes of at least 4 members (excludes halogenated alkanes) is 2. The van der Waals surface area contributed by atoms with Gasteiger partial charge in [0.15, 0.2) is 0 Å². The molecule has 2 N–H and O–H groups in total. The predicted molar refractivity (Wildman–Crippen MR) is 133 cm³/mol. The Labute approximate surface area is 200 Å². The molecule has 0 aromatic heterocycles. The molecule has 6 atom stereocenters. The van der Waals surface area contributed by atoms with Crippen molar-refractivity contribution in [2.75, 3.05) is 0 Å². The van der Waals surface area contributed by atoms with Gasteiger partial charge in [-0.1, -0.05) is 82.1 Å². The average molecular weight is 459 g/mol. The number of carboxylic acids is 1. The zero-order valence-electron chi connectivity index (χ0n) is 20.5. The lowest BCUT2D eigenvalue weighted by molar-refractivity contribution is -0.137. The standard InChI is InChI=1S/C29H46O4/c30-25(14-7-5-10-22-12-9-13-23-11-6-8-15-26(22)23)20-18-24-19-21-28(31)27(24)16-3-1-2-4-17-29(32)33/h1,3,18,20,22-27,30H,2,4-17,19,21H2,(H,32,33)/b3-1-,20-18+/t22?,23?,24-,25+,26?,27+/m0/s1. The molecule has 0 aliphatic heterocycles. The van der Waals surface area contributed by atoms with Gasteiger partial charge in [0.2, 0.25) is 0 Å². The Balaban J connectivity index is 1.33. The molecule has 0 heterocycles.